The first-order valence-corrected chi connectivity index (χ1v) is 6.88. The van der Waals surface area contributed by atoms with Crippen molar-refractivity contribution in [3.05, 3.63) is 33.2 Å². The molecule has 86 valence electrons. The van der Waals surface area contributed by atoms with Crippen LogP contribution in [0.4, 0.5) is 0 Å². The van der Waals surface area contributed by atoms with Crippen LogP contribution in [0.3, 0.4) is 0 Å². The number of aromatic nitrogens is 2. The predicted molar refractivity (Wildman–Crippen MR) is 68.6 cm³/mol. The lowest BCUT2D eigenvalue weighted by Gasteiger charge is -2.06. The summed E-state index contributed by atoms with van der Waals surface area (Å²) in [5.74, 6) is 0.809. The van der Waals surface area contributed by atoms with Gasteiger partial charge in [0.05, 0.1) is 5.37 Å². The monoisotopic (exact) mass is 255 g/mol. The summed E-state index contributed by atoms with van der Waals surface area (Å²) in [7, 11) is 0. The highest BCUT2D eigenvalue weighted by atomic mass is 32.2. The lowest BCUT2D eigenvalue weighted by atomic mass is 10.5. The molecular formula is C10H13N3OS2. The second kappa shape index (κ2) is 4.97. The van der Waals surface area contributed by atoms with Crippen molar-refractivity contribution in [3.8, 4) is 0 Å². The van der Waals surface area contributed by atoms with Crippen molar-refractivity contribution >= 4 is 23.5 Å². The molecule has 0 aromatic carbocycles. The number of hydrogen-bond acceptors (Lipinski definition) is 5. The average molecular weight is 255 g/mol. The van der Waals surface area contributed by atoms with Crippen molar-refractivity contribution in [2.24, 2.45) is 0 Å². The molecule has 1 aliphatic rings. The van der Waals surface area contributed by atoms with Gasteiger partial charge in [0.1, 0.15) is 0 Å². The van der Waals surface area contributed by atoms with Crippen molar-refractivity contribution in [1.82, 2.24) is 15.3 Å². The number of hydrogen-bond donors (Lipinski definition) is 2. The zero-order valence-corrected chi connectivity index (χ0v) is 10.7. The molecule has 16 heavy (non-hydrogen) atoms. The van der Waals surface area contributed by atoms with Crippen LogP contribution in [-0.4, -0.2) is 21.1 Å². The molecule has 2 rings (SSSR count). The van der Waals surface area contributed by atoms with E-state index in [0.29, 0.717) is 10.5 Å². The Kier molecular flexibility index (Phi) is 3.60. The summed E-state index contributed by atoms with van der Waals surface area (Å²) in [6, 6.07) is 1.50. The van der Waals surface area contributed by atoms with Gasteiger partial charge in [-0.1, -0.05) is 11.8 Å². The Morgan fingerprint density at radius 3 is 3.06 bits per heavy atom. The van der Waals surface area contributed by atoms with E-state index in [1.54, 1.807) is 11.8 Å². The molecular weight excluding hydrogens is 242 g/mol. The first kappa shape index (κ1) is 11.6. The van der Waals surface area contributed by atoms with Crippen LogP contribution in [0, 0.1) is 6.92 Å². The molecule has 0 aliphatic carbocycles. The standard InChI is InChI=1S/C10H13N3OS2/c1-6-3-9(14)13-10(11-6)16-5-8-4-15-7(2)12-8/h3-4,7,12H,5H2,1-2H3,(H,11,13,14). The molecule has 6 heteroatoms. The fraction of sp³-hybridized carbons (Fsp3) is 0.400. The van der Waals surface area contributed by atoms with Gasteiger partial charge in [0.15, 0.2) is 5.16 Å². The zero-order valence-electron chi connectivity index (χ0n) is 9.11. The minimum Gasteiger partial charge on any atom is -0.375 e. The Hall–Kier alpha value is -0.880. The van der Waals surface area contributed by atoms with Crippen molar-refractivity contribution in [1.29, 1.82) is 0 Å². The Morgan fingerprint density at radius 2 is 2.44 bits per heavy atom. The van der Waals surface area contributed by atoms with Gasteiger partial charge in [-0.25, -0.2) is 4.98 Å². The van der Waals surface area contributed by atoms with E-state index >= 15 is 0 Å². The molecule has 2 N–H and O–H groups in total. The van der Waals surface area contributed by atoms with E-state index < -0.39 is 0 Å². The SMILES string of the molecule is Cc1cc(=O)[nH]c(SCC2=CSC(C)N2)n1. The number of thioether (sulfide) groups is 2. The minimum atomic E-state index is -0.0916. The van der Waals surface area contributed by atoms with Gasteiger partial charge in [0.2, 0.25) is 0 Å². The highest BCUT2D eigenvalue weighted by molar-refractivity contribution is 8.03. The van der Waals surface area contributed by atoms with Gasteiger partial charge in [-0.2, -0.15) is 0 Å². The summed E-state index contributed by atoms with van der Waals surface area (Å²) in [6.45, 7) is 3.94. The third-order valence-electron chi connectivity index (χ3n) is 2.02. The van der Waals surface area contributed by atoms with Gasteiger partial charge in [0, 0.05) is 23.2 Å². The van der Waals surface area contributed by atoms with Gasteiger partial charge < -0.3 is 10.3 Å². The molecule has 1 unspecified atom stereocenters. The summed E-state index contributed by atoms with van der Waals surface area (Å²) < 4.78 is 0. The smallest absolute Gasteiger partial charge is 0.251 e. The maximum absolute atomic E-state index is 11.2. The van der Waals surface area contributed by atoms with Crippen molar-refractivity contribution in [2.45, 2.75) is 24.4 Å². The van der Waals surface area contributed by atoms with Crippen LogP contribution in [0.25, 0.3) is 0 Å². The van der Waals surface area contributed by atoms with E-state index in [0.717, 1.165) is 11.4 Å². The van der Waals surface area contributed by atoms with Crippen LogP contribution in [0.15, 0.2) is 27.1 Å². The van der Waals surface area contributed by atoms with E-state index in [1.165, 1.54) is 23.5 Å². The Labute approximate surface area is 102 Å². The molecule has 0 fully saturated rings. The maximum Gasteiger partial charge on any atom is 0.251 e. The molecule has 1 aromatic heterocycles. The Balaban J connectivity index is 1.97. The molecule has 1 aliphatic heterocycles. The van der Waals surface area contributed by atoms with Crippen LogP contribution >= 0.6 is 23.5 Å². The van der Waals surface area contributed by atoms with E-state index in [4.69, 9.17) is 0 Å². The maximum atomic E-state index is 11.2. The number of nitrogens with zero attached hydrogens (tertiary/aromatic N) is 1. The van der Waals surface area contributed by atoms with Crippen LogP contribution in [0.5, 0.6) is 0 Å². The summed E-state index contributed by atoms with van der Waals surface area (Å²) in [4.78, 5) is 18.2. The van der Waals surface area contributed by atoms with Crippen molar-refractivity contribution < 1.29 is 0 Å². The molecule has 0 bridgehead atoms. The molecule has 0 saturated heterocycles. The van der Waals surface area contributed by atoms with Crippen LogP contribution in [0.1, 0.15) is 12.6 Å². The lowest BCUT2D eigenvalue weighted by Crippen LogP contribution is -2.17. The van der Waals surface area contributed by atoms with Crippen LogP contribution < -0.4 is 10.9 Å². The molecule has 2 heterocycles. The van der Waals surface area contributed by atoms with Crippen molar-refractivity contribution in [3.63, 3.8) is 0 Å². The molecule has 0 amide bonds. The Bertz CT molecular complexity index is 469. The number of H-pyrrole nitrogens is 1. The van der Waals surface area contributed by atoms with Gasteiger partial charge in [0.25, 0.3) is 5.56 Å². The number of aromatic amines is 1. The third-order valence-corrected chi connectivity index (χ3v) is 3.88. The predicted octanol–water partition coefficient (Wildman–Crippen LogP) is 1.69. The summed E-state index contributed by atoms with van der Waals surface area (Å²) in [5.41, 5.74) is 1.85. The molecule has 0 radical (unpaired) electrons. The molecule has 4 nitrogen and oxygen atoms in total. The van der Waals surface area contributed by atoms with E-state index in [9.17, 15) is 4.79 Å². The number of rotatable bonds is 3. The van der Waals surface area contributed by atoms with Crippen LogP contribution in [-0.2, 0) is 0 Å². The first-order chi connectivity index (χ1) is 7.63. The van der Waals surface area contributed by atoms with Gasteiger partial charge in [-0.05, 0) is 19.3 Å². The fourth-order valence-corrected chi connectivity index (χ4v) is 3.04. The van der Waals surface area contributed by atoms with Crippen LogP contribution in [0.2, 0.25) is 0 Å². The van der Waals surface area contributed by atoms with E-state index in [1.807, 2.05) is 6.92 Å². The molecule has 0 saturated carbocycles. The van der Waals surface area contributed by atoms with Gasteiger partial charge >= 0.3 is 0 Å². The highest BCUT2D eigenvalue weighted by Gasteiger charge is 2.11. The first-order valence-electron chi connectivity index (χ1n) is 4.95. The summed E-state index contributed by atoms with van der Waals surface area (Å²) in [6.07, 6.45) is 0. The minimum absolute atomic E-state index is 0.0916. The van der Waals surface area contributed by atoms with E-state index in [2.05, 4.69) is 27.6 Å². The average Bonchev–Trinajstić information content (AvgIpc) is 2.60. The number of aryl methyl sites for hydroxylation is 1. The van der Waals surface area contributed by atoms with Crippen molar-refractivity contribution in [2.75, 3.05) is 5.75 Å². The highest BCUT2D eigenvalue weighted by Crippen LogP contribution is 2.24. The largest absolute Gasteiger partial charge is 0.375 e. The molecule has 0 spiro atoms. The molecule has 1 aromatic rings. The van der Waals surface area contributed by atoms with Gasteiger partial charge in [-0.3, -0.25) is 4.79 Å². The lowest BCUT2D eigenvalue weighted by molar-refractivity contribution is 0.823. The molecule has 1 atom stereocenters. The topological polar surface area (TPSA) is 57.8 Å². The Morgan fingerprint density at radius 1 is 1.62 bits per heavy atom. The quantitative estimate of drug-likeness (QED) is 0.636. The zero-order chi connectivity index (χ0) is 11.5. The third kappa shape index (κ3) is 3.05. The summed E-state index contributed by atoms with van der Waals surface area (Å²) in [5, 5.41) is 6.58. The number of nitrogens with one attached hydrogen (secondary N) is 2. The van der Waals surface area contributed by atoms with Gasteiger partial charge in [-0.15, -0.1) is 11.8 Å². The fourth-order valence-electron chi connectivity index (χ4n) is 1.36. The second-order valence-corrected chi connectivity index (χ2v) is 5.73. The summed E-state index contributed by atoms with van der Waals surface area (Å²) >= 11 is 3.31. The second-order valence-electron chi connectivity index (χ2n) is 3.55. The normalized spacial score (nSPS) is 19.4. The van der Waals surface area contributed by atoms with E-state index in [-0.39, 0.29) is 5.56 Å².